The van der Waals surface area contributed by atoms with E-state index in [0.717, 1.165) is 0 Å². The number of carbonyl (C=O) groups excluding carboxylic acids is 2. The van der Waals surface area contributed by atoms with E-state index >= 15 is 0 Å². The number of esters is 1. The number of hydrogen-bond acceptors (Lipinski definition) is 6. The normalized spacial score (nSPS) is 20.0. The van der Waals surface area contributed by atoms with Gasteiger partial charge in [-0.1, -0.05) is 18.2 Å². The summed E-state index contributed by atoms with van der Waals surface area (Å²) in [5, 5.41) is 7.33. The third-order valence-corrected chi connectivity index (χ3v) is 6.32. The maximum absolute atomic E-state index is 12.7. The standard InChI is InChI=1S/C17H21N3O5S/c1-3-20(12-8-9-26(23,24)10-12)16(21)11(2)25-17(22)15-13-6-4-5-7-14(13)18-19-15/h4-7,11-12H,3,8-10H2,1-2H3,(H,18,19)/t11-,12+/m1/s1. The number of amides is 1. The molecule has 9 heteroatoms. The molecular formula is C17H21N3O5S. The second-order valence-electron chi connectivity index (χ2n) is 6.35. The maximum atomic E-state index is 12.7. The molecule has 2 aromatic rings. The van der Waals surface area contributed by atoms with Crippen molar-refractivity contribution < 1.29 is 22.7 Å². The number of likely N-dealkylation sites (N-methyl/N-ethyl adjacent to an activating group) is 1. The number of para-hydroxylation sites is 1. The van der Waals surface area contributed by atoms with Gasteiger partial charge in [0.05, 0.1) is 17.0 Å². The van der Waals surface area contributed by atoms with Gasteiger partial charge in [0.2, 0.25) is 0 Å². The zero-order valence-corrected chi connectivity index (χ0v) is 15.5. The molecule has 0 bridgehead atoms. The van der Waals surface area contributed by atoms with Gasteiger partial charge in [0.15, 0.2) is 21.6 Å². The minimum Gasteiger partial charge on any atom is -0.448 e. The second-order valence-corrected chi connectivity index (χ2v) is 8.58. The fourth-order valence-electron chi connectivity index (χ4n) is 3.23. The molecule has 1 fully saturated rings. The molecule has 0 radical (unpaired) electrons. The van der Waals surface area contributed by atoms with Crippen LogP contribution < -0.4 is 0 Å². The zero-order chi connectivity index (χ0) is 18.9. The smallest absolute Gasteiger partial charge is 0.360 e. The average molecular weight is 379 g/mol. The summed E-state index contributed by atoms with van der Waals surface area (Å²) in [6, 6.07) is 6.75. The predicted octanol–water partition coefficient (Wildman–Crippen LogP) is 1.14. The van der Waals surface area contributed by atoms with E-state index in [9.17, 15) is 18.0 Å². The Morgan fingerprint density at radius 1 is 1.38 bits per heavy atom. The zero-order valence-electron chi connectivity index (χ0n) is 14.6. The Morgan fingerprint density at radius 3 is 2.77 bits per heavy atom. The number of aromatic nitrogens is 2. The number of nitrogens with one attached hydrogen (secondary N) is 1. The number of sulfone groups is 1. The summed E-state index contributed by atoms with van der Waals surface area (Å²) in [7, 11) is -3.11. The lowest BCUT2D eigenvalue weighted by atomic mass is 10.2. The lowest BCUT2D eigenvalue weighted by Gasteiger charge is -2.29. The molecule has 1 amide bonds. The molecular weight excluding hydrogens is 358 g/mol. The fourth-order valence-corrected chi connectivity index (χ4v) is 4.97. The highest BCUT2D eigenvalue weighted by atomic mass is 32.2. The molecule has 0 saturated carbocycles. The van der Waals surface area contributed by atoms with E-state index in [1.165, 1.54) is 11.8 Å². The van der Waals surface area contributed by atoms with Crippen LogP contribution in [-0.4, -0.2) is 65.6 Å². The van der Waals surface area contributed by atoms with Crippen molar-refractivity contribution in [3.8, 4) is 0 Å². The van der Waals surface area contributed by atoms with Crippen molar-refractivity contribution in [1.82, 2.24) is 15.1 Å². The fraction of sp³-hybridized carbons (Fsp3) is 0.471. The first kappa shape index (κ1) is 18.4. The maximum Gasteiger partial charge on any atom is 0.360 e. The summed E-state index contributed by atoms with van der Waals surface area (Å²) < 4.78 is 28.6. The van der Waals surface area contributed by atoms with Gasteiger partial charge in [-0.25, -0.2) is 13.2 Å². The molecule has 0 unspecified atom stereocenters. The minimum absolute atomic E-state index is 0.0444. The molecule has 1 aliphatic rings. The first-order valence-electron chi connectivity index (χ1n) is 8.47. The summed E-state index contributed by atoms with van der Waals surface area (Å²) in [4.78, 5) is 26.5. The van der Waals surface area contributed by atoms with Gasteiger partial charge in [-0.05, 0) is 26.3 Å². The lowest BCUT2D eigenvalue weighted by molar-refractivity contribution is -0.141. The summed E-state index contributed by atoms with van der Waals surface area (Å²) in [6.07, 6.45) is -0.617. The number of carbonyl (C=O) groups is 2. The molecule has 1 aromatic heterocycles. The topological polar surface area (TPSA) is 109 Å². The van der Waals surface area contributed by atoms with Crippen molar-refractivity contribution in [3.05, 3.63) is 30.0 Å². The molecule has 1 aromatic carbocycles. The highest BCUT2D eigenvalue weighted by Gasteiger charge is 2.36. The number of aromatic amines is 1. The van der Waals surface area contributed by atoms with Crippen LogP contribution in [0.3, 0.4) is 0 Å². The number of fused-ring (bicyclic) bond motifs is 1. The predicted molar refractivity (Wildman–Crippen MR) is 95.4 cm³/mol. The SMILES string of the molecule is CCN(C(=O)[C@@H](C)OC(=O)c1n[nH]c2ccccc12)[C@H]1CCS(=O)(=O)C1. The van der Waals surface area contributed by atoms with E-state index in [0.29, 0.717) is 23.9 Å². The monoisotopic (exact) mass is 379 g/mol. The Hall–Kier alpha value is -2.42. The van der Waals surface area contributed by atoms with Gasteiger partial charge in [-0.15, -0.1) is 0 Å². The number of H-pyrrole nitrogens is 1. The number of ether oxygens (including phenoxy) is 1. The Bertz CT molecular complexity index is 937. The van der Waals surface area contributed by atoms with Gasteiger partial charge in [-0.2, -0.15) is 5.10 Å². The molecule has 1 aliphatic heterocycles. The van der Waals surface area contributed by atoms with Gasteiger partial charge in [0.1, 0.15) is 0 Å². The molecule has 3 rings (SSSR count). The third kappa shape index (κ3) is 3.57. The molecule has 2 heterocycles. The average Bonchev–Trinajstić information content (AvgIpc) is 3.18. The van der Waals surface area contributed by atoms with Crippen LogP contribution in [0.25, 0.3) is 10.9 Å². The number of hydrogen-bond donors (Lipinski definition) is 1. The lowest BCUT2D eigenvalue weighted by Crippen LogP contribution is -2.46. The Morgan fingerprint density at radius 2 is 2.12 bits per heavy atom. The van der Waals surface area contributed by atoms with E-state index in [1.54, 1.807) is 25.1 Å². The summed E-state index contributed by atoms with van der Waals surface area (Å²) >= 11 is 0. The number of rotatable bonds is 5. The van der Waals surface area contributed by atoms with Crippen molar-refractivity contribution in [1.29, 1.82) is 0 Å². The largest absolute Gasteiger partial charge is 0.448 e. The van der Waals surface area contributed by atoms with Crippen LogP contribution >= 0.6 is 0 Å². The van der Waals surface area contributed by atoms with Crippen LogP contribution in [-0.2, 0) is 19.4 Å². The molecule has 140 valence electrons. The van der Waals surface area contributed by atoms with Gasteiger partial charge in [0.25, 0.3) is 5.91 Å². The molecule has 0 aliphatic carbocycles. The molecule has 8 nitrogen and oxygen atoms in total. The van der Waals surface area contributed by atoms with E-state index in [1.807, 2.05) is 6.07 Å². The summed E-state index contributed by atoms with van der Waals surface area (Å²) in [6.45, 7) is 3.62. The van der Waals surface area contributed by atoms with Crippen molar-refractivity contribution in [2.75, 3.05) is 18.1 Å². The highest BCUT2D eigenvalue weighted by Crippen LogP contribution is 2.20. The second kappa shape index (κ2) is 7.06. The Labute approximate surface area is 151 Å². The van der Waals surface area contributed by atoms with Crippen LogP contribution in [0.4, 0.5) is 0 Å². The summed E-state index contributed by atoms with van der Waals surface area (Å²) in [5.41, 5.74) is 0.816. The first-order chi connectivity index (χ1) is 12.3. The Kier molecular flexibility index (Phi) is 4.99. The van der Waals surface area contributed by atoms with Crippen molar-refractivity contribution in [3.63, 3.8) is 0 Å². The van der Waals surface area contributed by atoms with Crippen molar-refractivity contribution >= 4 is 32.6 Å². The van der Waals surface area contributed by atoms with Crippen LogP contribution in [0, 0.1) is 0 Å². The number of nitrogens with zero attached hydrogens (tertiary/aromatic N) is 2. The molecule has 2 atom stereocenters. The third-order valence-electron chi connectivity index (χ3n) is 4.57. The van der Waals surface area contributed by atoms with E-state index in [4.69, 9.17) is 4.74 Å². The summed E-state index contributed by atoms with van der Waals surface area (Å²) in [5.74, 6) is -1.06. The van der Waals surface area contributed by atoms with Gasteiger partial charge < -0.3 is 9.64 Å². The van der Waals surface area contributed by atoms with Crippen LogP contribution in [0.1, 0.15) is 30.8 Å². The van der Waals surface area contributed by atoms with Crippen LogP contribution in [0.2, 0.25) is 0 Å². The first-order valence-corrected chi connectivity index (χ1v) is 10.3. The molecule has 26 heavy (non-hydrogen) atoms. The molecule has 1 saturated heterocycles. The van der Waals surface area contributed by atoms with E-state index < -0.39 is 27.8 Å². The van der Waals surface area contributed by atoms with Crippen LogP contribution in [0.15, 0.2) is 24.3 Å². The van der Waals surface area contributed by atoms with Gasteiger partial charge >= 0.3 is 5.97 Å². The minimum atomic E-state index is -3.11. The molecule has 0 spiro atoms. The van der Waals surface area contributed by atoms with E-state index in [-0.39, 0.29) is 23.2 Å². The highest BCUT2D eigenvalue weighted by molar-refractivity contribution is 7.91. The van der Waals surface area contributed by atoms with Gasteiger partial charge in [0, 0.05) is 18.0 Å². The quantitative estimate of drug-likeness (QED) is 0.781. The Balaban J connectivity index is 1.71. The number of benzene rings is 1. The van der Waals surface area contributed by atoms with Crippen molar-refractivity contribution in [2.24, 2.45) is 0 Å². The van der Waals surface area contributed by atoms with Crippen molar-refractivity contribution in [2.45, 2.75) is 32.4 Å². The van der Waals surface area contributed by atoms with Gasteiger partial charge in [-0.3, -0.25) is 9.89 Å². The molecule has 1 N–H and O–H groups in total. The van der Waals surface area contributed by atoms with E-state index in [2.05, 4.69) is 10.2 Å². The van der Waals surface area contributed by atoms with Crippen LogP contribution in [0.5, 0.6) is 0 Å².